The molecule has 0 unspecified atom stereocenters. The summed E-state index contributed by atoms with van der Waals surface area (Å²) in [6.45, 7) is 8.15. The fraction of sp³-hybridized carbons (Fsp3) is 0.571. The molecule has 0 amide bonds. The van der Waals surface area contributed by atoms with Crippen LogP contribution in [-0.2, 0) is 13.1 Å². The number of thiophene rings is 1. The van der Waals surface area contributed by atoms with E-state index < -0.39 is 0 Å². The molecule has 0 radical (unpaired) electrons. The van der Waals surface area contributed by atoms with Gasteiger partial charge < -0.3 is 5.32 Å². The summed E-state index contributed by atoms with van der Waals surface area (Å²) in [5, 5.41) is 3.46. The standard InChI is InChI=1S/C14H22N2S/c1-5-8-16(4)11-14-7-6-13(17-14)10-15-9-12(2)3/h1,6-7,12,15H,8-11H2,2-4H3. The molecule has 94 valence electrons. The second-order valence-corrected chi connectivity index (χ2v) is 6.02. The van der Waals surface area contributed by atoms with Crippen LogP contribution >= 0.6 is 11.3 Å². The van der Waals surface area contributed by atoms with Crippen molar-refractivity contribution in [1.82, 2.24) is 10.2 Å². The van der Waals surface area contributed by atoms with Gasteiger partial charge in [0.15, 0.2) is 0 Å². The van der Waals surface area contributed by atoms with Crippen molar-refractivity contribution in [3.05, 3.63) is 21.9 Å². The Balaban J connectivity index is 2.35. The lowest BCUT2D eigenvalue weighted by molar-refractivity contribution is 0.372. The van der Waals surface area contributed by atoms with Gasteiger partial charge in [-0.2, -0.15) is 0 Å². The summed E-state index contributed by atoms with van der Waals surface area (Å²) in [5.74, 6) is 3.36. The van der Waals surface area contributed by atoms with E-state index in [1.807, 2.05) is 11.3 Å². The molecule has 0 aromatic carbocycles. The SMILES string of the molecule is C#CCN(C)Cc1ccc(CNCC(C)C)s1. The Morgan fingerprint density at radius 1 is 1.41 bits per heavy atom. The maximum Gasteiger partial charge on any atom is 0.0599 e. The van der Waals surface area contributed by atoms with Gasteiger partial charge in [0, 0.05) is 22.8 Å². The number of nitrogens with one attached hydrogen (secondary N) is 1. The lowest BCUT2D eigenvalue weighted by atomic mass is 10.2. The molecule has 0 saturated heterocycles. The first-order valence-electron chi connectivity index (χ1n) is 6.02. The molecular weight excluding hydrogens is 228 g/mol. The Labute approximate surface area is 109 Å². The predicted octanol–water partition coefficient (Wildman–Crippen LogP) is 2.56. The van der Waals surface area contributed by atoms with Gasteiger partial charge in [-0.1, -0.05) is 19.8 Å². The van der Waals surface area contributed by atoms with Gasteiger partial charge in [0.05, 0.1) is 6.54 Å². The third-order valence-electron chi connectivity index (χ3n) is 2.36. The number of terminal acetylenes is 1. The van der Waals surface area contributed by atoms with E-state index in [1.165, 1.54) is 9.75 Å². The zero-order chi connectivity index (χ0) is 12.7. The smallest absolute Gasteiger partial charge is 0.0599 e. The zero-order valence-corrected chi connectivity index (χ0v) is 11.8. The van der Waals surface area contributed by atoms with Gasteiger partial charge >= 0.3 is 0 Å². The molecule has 0 atom stereocenters. The van der Waals surface area contributed by atoms with Crippen molar-refractivity contribution in [2.45, 2.75) is 26.9 Å². The lowest BCUT2D eigenvalue weighted by Crippen LogP contribution is -2.18. The van der Waals surface area contributed by atoms with Crippen LogP contribution in [0.1, 0.15) is 23.6 Å². The van der Waals surface area contributed by atoms with E-state index in [9.17, 15) is 0 Å². The Kier molecular flexibility index (Phi) is 6.28. The summed E-state index contributed by atoms with van der Waals surface area (Å²) in [7, 11) is 2.05. The Morgan fingerprint density at radius 2 is 2.12 bits per heavy atom. The van der Waals surface area contributed by atoms with E-state index in [2.05, 4.69) is 49.2 Å². The monoisotopic (exact) mass is 250 g/mol. The van der Waals surface area contributed by atoms with Crippen LogP contribution in [-0.4, -0.2) is 25.0 Å². The molecule has 0 aliphatic carbocycles. The molecule has 1 rings (SSSR count). The number of hydrogen-bond donors (Lipinski definition) is 1. The van der Waals surface area contributed by atoms with Crippen molar-refractivity contribution in [1.29, 1.82) is 0 Å². The molecule has 0 spiro atoms. The zero-order valence-electron chi connectivity index (χ0n) is 11.0. The maximum atomic E-state index is 5.28. The van der Waals surface area contributed by atoms with Crippen molar-refractivity contribution < 1.29 is 0 Å². The summed E-state index contributed by atoms with van der Waals surface area (Å²) in [5.41, 5.74) is 0. The maximum absolute atomic E-state index is 5.28. The third-order valence-corrected chi connectivity index (χ3v) is 3.43. The van der Waals surface area contributed by atoms with Crippen molar-refractivity contribution >= 4 is 11.3 Å². The minimum absolute atomic E-state index is 0.705. The van der Waals surface area contributed by atoms with Gasteiger partial charge in [-0.15, -0.1) is 17.8 Å². The third kappa shape index (κ3) is 5.88. The van der Waals surface area contributed by atoms with Crippen LogP contribution in [0.3, 0.4) is 0 Å². The van der Waals surface area contributed by atoms with E-state index in [0.29, 0.717) is 12.5 Å². The van der Waals surface area contributed by atoms with Crippen LogP contribution < -0.4 is 5.32 Å². The van der Waals surface area contributed by atoms with Gasteiger partial charge in [-0.05, 0) is 31.6 Å². The lowest BCUT2D eigenvalue weighted by Gasteiger charge is -2.10. The highest BCUT2D eigenvalue weighted by Gasteiger charge is 2.03. The highest BCUT2D eigenvalue weighted by Crippen LogP contribution is 2.17. The van der Waals surface area contributed by atoms with Gasteiger partial charge in [-0.3, -0.25) is 4.90 Å². The highest BCUT2D eigenvalue weighted by atomic mass is 32.1. The molecule has 0 fully saturated rings. The average Bonchev–Trinajstić information content (AvgIpc) is 2.65. The van der Waals surface area contributed by atoms with Crippen LogP contribution in [0.4, 0.5) is 0 Å². The summed E-state index contributed by atoms with van der Waals surface area (Å²) < 4.78 is 0. The normalized spacial score (nSPS) is 11.1. The molecule has 17 heavy (non-hydrogen) atoms. The van der Waals surface area contributed by atoms with Gasteiger partial charge in [0.25, 0.3) is 0 Å². The van der Waals surface area contributed by atoms with E-state index in [1.54, 1.807) is 0 Å². The molecular formula is C14H22N2S. The molecule has 3 heteroatoms. The summed E-state index contributed by atoms with van der Waals surface area (Å²) in [6.07, 6.45) is 5.28. The first-order chi connectivity index (χ1) is 8.11. The van der Waals surface area contributed by atoms with Gasteiger partial charge in [0.1, 0.15) is 0 Å². The van der Waals surface area contributed by atoms with Crippen molar-refractivity contribution in [3.8, 4) is 12.3 Å². The van der Waals surface area contributed by atoms with E-state index in [0.717, 1.165) is 19.6 Å². The molecule has 1 heterocycles. The summed E-state index contributed by atoms with van der Waals surface area (Å²) in [4.78, 5) is 4.93. The van der Waals surface area contributed by atoms with Crippen LogP contribution in [0.15, 0.2) is 12.1 Å². The number of nitrogens with zero attached hydrogens (tertiary/aromatic N) is 1. The molecule has 1 aromatic rings. The Bertz CT molecular complexity index is 363. The highest BCUT2D eigenvalue weighted by molar-refractivity contribution is 7.11. The molecule has 1 aromatic heterocycles. The Morgan fingerprint density at radius 3 is 2.76 bits per heavy atom. The Hall–Kier alpha value is -0.820. The number of rotatable bonds is 7. The predicted molar refractivity (Wildman–Crippen MR) is 76.0 cm³/mol. The second-order valence-electron chi connectivity index (χ2n) is 4.77. The van der Waals surface area contributed by atoms with Crippen molar-refractivity contribution in [2.75, 3.05) is 20.1 Å². The first-order valence-corrected chi connectivity index (χ1v) is 6.83. The summed E-state index contributed by atoms with van der Waals surface area (Å²) >= 11 is 1.87. The topological polar surface area (TPSA) is 15.3 Å². The second kappa shape index (κ2) is 7.50. The van der Waals surface area contributed by atoms with Gasteiger partial charge in [0.2, 0.25) is 0 Å². The van der Waals surface area contributed by atoms with Crippen LogP contribution in [0.25, 0.3) is 0 Å². The van der Waals surface area contributed by atoms with E-state index >= 15 is 0 Å². The molecule has 1 N–H and O–H groups in total. The summed E-state index contributed by atoms with van der Waals surface area (Å²) in [6, 6.07) is 4.40. The van der Waals surface area contributed by atoms with Crippen molar-refractivity contribution in [2.24, 2.45) is 5.92 Å². The molecule has 0 saturated carbocycles. The van der Waals surface area contributed by atoms with E-state index in [-0.39, 0.29) is 0 Å². The molecule has 0 aliphatic heterocycles. The van der Waals surface area contributed by atoms with Crippen LogP contribution in [0.5, 0.6) is 0 Å². The molecule has 0 bridgehead atoms. The number of hydrogen-bond acceptors (Lipinski definition) is 3. The average molecular weight is 250 g/mol. The molecule has 0 aliphatic rings. The molecule has 2 nitrogen and oxygen atoms in total. The van der Waals surface area contributed by atoms with Crippen LogP contribution in [0.2, 0.25) is 0 Å². The quantitative estimate of drug-likeness (QED) is 0.748. The fourth-order valence-electron chi connectivity index (χ4n) is 1.56. The minimum Gasteiger partial charge on any atom is -0.312 e. The first kappa shape index (κ1) is 14.2. The van der Waals surface area contributed by atoms with E-state index in [4.69, 9.17) is 6.42 Å². The minimum atomic E-state index is 0.705. The van der Waals surface area contributed by atoms with Crippen molar-refractivity contribution in [3.63, 3.8) is 0 Å². The van der Waals surface area contributed by atoms with Crippen LogP contribution in [0, 0.1) is 18.3 Å². The van der Waals surface area contributed by atoms with Gasteiger partial charge in [-0.25, -0.2) is 0 Å². The fourth-order valence-corrected chi connectivity index (χ4v) is 2.63. The largest absolute Gasteiger partial charge is 0.312 e.